The molecule has 9 nitrogen and oxygen atoms in total. The molecule has 0 fully saturated rings. The van der Waals surface area contributed by atoms with E-state index in [1.165, 1.54) is 54.6 Å². The maximum absolute atomic E-state index is 10.7. The van der Waals surface area contributed by atoms with Crippen LogP contribution in [0.1, 0.15) is 11.5 Å². The van der Waals surface area contributed by atoms with Gasteiger partial charge in [0.05, 0.1) is 9.85 Å². The zero-order valence-electron chi connectivity index (χ0n) is 12.9. The van der Waals surface area contributed by atoms with Crippen LogP contribution in [0.25, 0.3) is 22.6 Å². The molecule has 0 amide bonds. The number of non-ortho nitro benzene ring substituents is 2. The van der Waals surface area contributed by atoms with Crippen LogP contribution in [0.5, 0.6) is 0 Å². The monoisotopic (exact) mass is 372 g/mol. The highest BCUT2D eigenvalue weighted by Gasteiger charge is 2.13. The molecule has 10 heteroatoms. The second kappa shape index (κ2) is 7.11. The van der Waals surface area contributed by atoms with Crippen LogP contribution in [-0.4, -0.2) is 20.0 Å². The number of hydrogen-bond donors (Lipinski definition) is 0. The zero-order chi connectivity index (χ0) is 18.7. The van der Waals surface area contributed by atoms with Crippen molar-refractivity contribution in [3.63, 3.8) is 0 Å². The SMILES string of the molecule is O=[N+]([O-])c1ccc(/C=C(\Cl)c2nnc(-c3ccc([N+](=O)[O-])cc3)o2)cc1. The lowest BCUT2D eigenvalue weighted by molar-refractivity contribution is -0.385. The number of nitrogens with zero attached hydrogens (tertiary/aromatic N) is 4. The van der Waals surface area contributed by atoms with Gasteiger partial charge in [-0.2, -0.15) is 0 Å². The van der Waals surface area contributed by atoms with Gasteiger partial charge in [-0.25, -0.2) is 0 Å². The molecule has 0 aliphatic rings. The molecule has 0 unspecified atom stereocenters. The smallest absolute Gasteiger partial charge is 0.269 e. The minimum Gasteiger partial charge on any atom is -0.415 e. The fourth-order valence-corrected chi connectivity index (χ4v) is 2.26. The van der Waals surface area contributed by atoms with Gasteiger partial charge in [0.1, 0.15) is 5.03 Å². The molecule has 3 rings (SSSR count). The third-order valence-corrected chi connectivity index (χ3v) is 3.62. The van der Waals surface area contributed by atoms with Gasteiger partial charge in [-0.3, -0.25) is 20.2 Å². The summed E-state index contributed by atoms with van der Waals surface area (Å²) in [5.74, 6) is 0.212. The van der Waals surface area contributed by atoms with E-state index in [1.807, 2.05) is 0 Å². The van der Waals surface area contributed by atoms with E-state index in [4.69, 9.17) is 16.0 Å². The fraction of sp³-hybridized carbons (Fsp3) is 0. The average Bonchev–Trinajstić information content (AvgIpc) is 3.12. The molecule has 0 saturated heterocycles. The molecule has 0 bridgehead atoms. The van der Waals surface area contributed by atoms with E-state index in [0.717, 1.165) is 0 Å². The zero-order valence-corrected chi connectivity index (χ0v) is 13.7. The Morgan fingerprint density at radius 3 is 2.00 bits per heavy atom. The predicted octanol–water partition coefficient (Wildman–Crippen LogP) is 4.29. The van der Waals surface area contributed by atoms with Crippen LogP contribution in [-0.2, 0) is 0 Å². The summed E-state index contributed by atoms with van der Waals surface area (Å²) in [6.07, 6.45) is 1.53. The Bertz CT molecular complexity index is 996. The molecule has 26 heavy (non-hydrogen) atoms. The van der Waals surface area contributed by atoms with Crippen molar-refractivity contribution in [3.05, 3.63) is 80.2 Å². The summed E-state index contributed by atoms with van der Waals surface area (Å²) in [7, 11) is 0. The first-order chi connectivity index (χ1) is 12.4. The molecule has 0 N–H and O–H groups in total. The van der Waals surface area contributed by atoms with Crippen LogP contribution in [0.2, 0.25) is 0 Å². The van der Waals surface area contributed by atoms with Crippen molar-refractivity contribution in [2.45, 2.75) is 0 Å². The molecule has 0 aliphatic carbocycles. The van der Waals surface area contributed by atoms with Crippen molar-refractivity contribution in [3.8, 4) is 11.5 Å². The second-order valence-corrected chi connectivity index (χ2v) is 5.46. The minimum absolute atomic E-state index is 0.0310. The van der Waals surface area contributed by atoms with Gasteiger partial charge < -0.3 is 4.42 Å². The van der Waals surface area contributed by atoms with Crippen molar-refractivity contribution in [1.82, 2.24) is 10.2 Å². The van der Waals surface area contributed by atoms with E-state index < -0.39 is 9.85 Å². The van der Waals surface area contributed by atoms with Crippen molar-refractivity contribution in [2.24, 2.45) is 0 Å². The van der Waals surface area contributed by atoms with Crippen molar-refractivity contribution in [1.29, 1.82) is 0 Å². The number of benzene rings is 2. The Labute approximate surface area is 150 Å². The quantitative estimate of drug-likeness (QED) is 0.483. The van der Waals surface area contributed by atoms with E-state index in [-0.39, 0.29) is 28.2 Å². The van der Waals surface area contributed by atoms with Gasteiger partial charge in [-0.15, -0.1) is 10.2 Å². The predicted molar refractivity (Wildman–Crippen MR) is 93.2 cm³/mol. The first-order valence-corrected chi connectivity index (χ1v) is 7.52. The topological polar surface area (TPSA) is 125 Å². The van der Waals surface area contributed by atoms with Crippen LogP contribution >= 0.6 is 11.6 Å². The molecule has 0 atom stereocenters. The molecular formula is C16H9ClN4O5. The molecule has 0 spiro atoms. The molecule has 0 saturated carbocycles. The summed E-state index contributed by atoms with van der Waals surface area (Å²) in [6.45, 7) is 0. The van der Waals surface area contributed by atoms with Gasteiger partial charge in [0.2, 0.25) is 5.89 Å². The molecule has 1 heterocycles. The molecule has 0 radical (unpaired) electrons. The van der Waals surface area contributed by atoms with E-state index in [2.05, 4.69) is 10.2 Å². The van der Waals surface area contributed by atoms with Gasteiger partial charge in [-0.1, -0.05) is 11.6 Å². The van der Waals surface area contributed by atoms with Crippen LogP contribution in [0.4, 0.5) is 11.4 Å². The van der Waals surface area contributed by atoms with Gasteiger partial charge in [0, 0.05) is 29.8 Å². The molecule has 2 aromatic carbocycles. The van der Waals surface area contributed by atoms with E-state index >= 15 is 0 Å². The summed E-state index contributed by atoms with van der Waals surface area (Å²) >= 11 is 6.15. The Hall–Kier alpha value is -3.59. The molecular weight excluding hydrogens is 364 g/mol. The molecule has 130 valence electrons. The highest BCUT2D eigenvalue weighted by atomic mass is 35.5. The number of nitro groups is 2. The highest BCUT2D eigenvalue weighted by molar-refractivity contribution is 6.50. The lowest BCUT2D eigenvalue weighted by atomic mass is 10.2. The second-order valence-electron chi connectivity index (χ2n) is 5.06. The standard InChI is InChI=1S/C16H9ClN4O5/c17-14(9-10-1-5-12(6-2-10)20(22)23)16-19-18-15(26-16)11-3-7-13(8-4-11)21(24)25/h1-9H/b14-9-. The third kappa shape index (κ3) is 3.73. The van der Waals surface area contributed by atoms with Gasteiger partial charge in [0.25, 0.3) is 17.3 Å². The fourth-order valence-electron chi connectivity index (χ4n) is 2.06. The Kier molecular flexibility index (Phi) is 4.72. The molecule has 1 aromatic heterocycles. The Balaban J connectivity index is 1.81. The summed E-state index contributed by atoms with van der Waals surface area (Å²) in [6, 6.07) is 11.4. The summed E-state index contributed by atoms with van der Waals surface area (Å²) in [5, 5.41) is 29.2. The third-order valence-electron chi connectivity index (χ3n) is 3.35. The van der Waals surface area contributed by atoms with Crippen LogP contribution < -0.4 is 0 Å². The number of rotatable bonds is 5. The summed E-state index contributed by atoms with van der Waals surface area (Å²) < 4.78 is 5.47. The largest absolute Gasteiger partial charge is 0.415 e. The van der Waals surface area contributed by atoms with Crippen LogP contribution in [0.15, 0.2) is 52.9 Å². The Morgan fingerprint density at radius 2 is 1.46 bits per heavy atom. The van der Waals surface area contributed by atoms with Gasteiger partial charge in [-0.05, 0) is 35.9 Å². The first kappa shape index (κ1) is 17.2. The van der Waals surface area contributed by atoms with Crippen molar-refractivity contribution >= 4 is 34.1 Å². The van der Waals surface area contributed by atoms with E-state index in [1.54, 1.807) is 0 Å². The minimum atomic E-state index is -0.507. The van der Waals surface area contributed by atoms with Gasteiger partial charge in [0.15, 0.2) is 0 Å². The normalized spacial score (nSPS) is 11.3. The number of hydrogen-bond acceptors (Lipinski definition) is 7. The number of nitro benzene ring substituents is 2. The van der Waals surface area contributed by atoms with Crippen LogP contribution in [0, 0.1) is 20.2 Å². The number of halogens is 1. The Morgan fingerprint density at radius 1 is 0.923 bits per heavy atom. The first-order valence-electron chi connectivity index (χ1n) is 7.14. The van der Waals surface area contributed by atoms with Crippen LogP contribution in [0.3, 0.4) is 0 Å². The lowest BCUT2D eigenvalue weighted by Crippen LogP contribution is -1.87. The molecule has 0 aliphatic heterocycles. The maximum atomic E-state index is 10.7. The molecule has 3 aromatic rings. The summed E-state index contributed by atoms with van der Waals surface area (Å²) in [5.41, 5.74) is 1.05. The lowest BCUT2D eigenvalue weighted by Gasteiger charge is -1.96. The van der Waals surface area contributed by atoms with Gasteiger partial charge >= 0.3 is 0 Å². The number of aromatic nitrogens is 2. The van der Waals surface area contributed by atoms with E-state index in [0.29, 0.717) is 11.1 Å². The summed E-state index contributed by atoms with van der Waals surface area (Å²) in [4.78, 5) is 20.3. The highest BCUT2D eigenvalue weighted by Crippen LogP contribution is 2.26. The van der Waals surface area contributed by atoms with Crippen molar-refractivity contribution < 1.29 is 14.3 Å². The maximum Gasteiger partial charge on any atom is 0.269 e. The average molecular weight is 373 g/mol. The van der Waals surface area contributed by atoms with E-state index in [9.17, 15) is 20.2 Å². The van der Waals surface area contributed by atoms with Crippen molar-refractivity contribution in [2.75, 3.05) is 0 Å².